The highest BCUT2D eigenvalue weighted by Crippen LogP contribution is 2.36. The third kappa shape index (κ3) is 23.1. The second-order valence-electron chi connectivity index (χ2n) is 10.5. The van der Waals surface area contributed by atoms with Crippen LogP contribution in [0.5, 0.6) is 0 Å². The Bertz CT molecular complexity index is 1020. The highest BCUT2D eigenvalue weighted by Gasteiger charge is 2.32. The molecule has 1 aromatic rings. The molecule has 39 heavy (non-hydrogen) atoms. The molecule has 1 amide bonds. The van der Waals surface area contributed by atoms with Gasteiger partial charge in [0.15, 0.2) is 11.3 Å². The first-order chi connectivity index (χ1) is 17.3. The smallest absolute Gasteiger partial charge is 0.413 e. The molecule has 1 atom stereocenters. The predicted molar refractivity (Wildman–Crippen MR) is 159 cm³/mol. The normalized spacial score (nSPS) is 13.4. The summed E-state index contributed by atoms with van der Waals surface area (Å²) >= 11 is 8.73. The lowest BCUT2D eigenvalue weighted by Gasteiger charge is -2.28. The van der Waals surface area contributed by atoms with Crippen LogP contribution in [0.25, 0.3) is 0 Å². The number of rotatable bonds is 11. The van der Waals surface area contributed by atoms with E-state index in [-0.39, 0.29) is 11.3 Å². The van der Waals surface area contributed by atoms with Gasteiger partial charge in [0.2, 0.25) is 0 Å². The minimum Gasteiger partial charge on any atom is -0.477 e. The number of quaternary nitrogens is 2. The molecule has 0 unspecified atom stereocenters. The van der Waals surface area contributed by atoms with E-state index in [1.54, 1.807) is 6.92 Å². The van der Waals surface area contributed by atoms with Crippen molar-refractivity contribution in [1.29, 1.82) is 0 Å². The molecular formula is C22H44N4O9P2S2+2. The van der Waals surface area contributed by atoms with Gasteiger partial charge in [-0.25, -0.2) is 9.36 Å². The second kappa shape index (κ2) is 16.8. The zero-order valence-corrected chi connectivity index (χ0v) is 26.9. The van der Waals surface area contributed by atoms with Crippen molar-refractivity contribution in [3.8, 4) is 0 Å². The van der Waals surface area contributed by atoms with Gasteiger partial charge in [0.1, 0.15) is 0 Å². The fourth-order valence-electron chi connectivity index (χ4n) is 2.47. The van der Waals surface area contributed by atoms with E-state index in [1.807, 2.05) is 65.6 Å². The zero-order chi connectivity index (χ0) is 31.3. The van der Waals surface area contributed by atoms with Crippen molar-refractivity contribution in [3.63, 3.8) is 0 Å². The molecule has 0 spiro atoms. The van der Waals surface area contributed by atoms with Crippen LogP contribution >= 0.6 is 40.0 Å². The van der Waals surface area contributed by atoms with E-state index >= 15 is 0 Å². The Morgan fingerprint density at radius 1 is 1.00 bits per heavy atom. The maximum atomic E-state index is 11.1. The number of carbonyl (C=O) groups excluding carboxylic acids is 1. The largest absolute Gasteiger partial charge is 0.477 e. The summed E-state index contributed by atoms with van der Waals surface area (Å²) in [5.74, 6) is -0.752. The average molecular weight is 635 g/mol. The number of amides is 1. The first-order valence-corrected chi connectivity index (χ1v) is 15.7. The van der Waals surface area contributed by atoms with Crippen LogP contribution in [-0.4, -0.2) is 116 Å². The number of carbonyl (C=O) groups is 2. The van der Waals surface area contributed by atoms with Crippen molar-refractivity contribution in [2.45, 2.75) is 25.1 Å². The van der Waals surface area contributed by atoms with Crippen molar-refractivity contribution in [2.75, 3.05) is 61.4 Å². The van der Waals surface area contributed by atoms with Gasteiger partial charge < -0.3 is 44.3 Å². The Morgan fingerprint density at radius 3 is 1.82 bits per heavy atom. The molecule has 0 saturated heterocycles. The topological polar surface area (TPSA) is 193 Å². The number of carboxylic acid groups (broad SMARTS) is 1. The number of benzene rings is 1. The van der Waals surface area contributed by atoms with Crippen LogP contribution in [-0.2, 0) is 20.3 Å². The summed E-state index contributed by atoms with van der Waals surface area (Å²) in [7, 11) is 0.621. The average Bonchev–Trinajstić information content (AvgIpc) is 2.71. The molecular weight excluding hydrogens is 590 g/mol. The molecule has 0 saturated carbocycles. The van der Waals surface area contributed by atoms with Crippen LogP contribution in [0.4, 0.5) is 4.79 Å². The van der Waals surface area contributed by atoms with E-state index < -0.39 is 31.7 Å². The maximum Gasteiger partial charge on any atom is 0.413 e. The van der Waals surface area contributed by atoms with E-state index in [2.05, 4.69) is 42.4 Å². The monoisotopic (exact) mass is 634 g/mol. The van der Waals surface area contributed by atoms with Gasteiger partial charge in [-0.15, -0.1) is 0 Å². The molecule has 7 N–H and O–H groups in total. The molecule has 0 aromatic heterocycles. The highest BCUT2D eigenvalue weighted by atomic mass is 32.1. The van der Waals surface area contributed by atoms with Gasteiger partial charge in [0.25, 0.3) is 0 Å². The summed E-state index contributed by atoms with van der Waals surface area (Å²) in [6.07, 6.45) is 0.364. The fourth-order valence-corrected chi connectivity index (χ4v) is 3.66. The number of likely N-dealkylation sites (N-methyl/N-ethyl adjacent to an activating group) is 2. The molecule has 1 rings (SSSR count). The van der Waals surface area contributed by atoms with Crippen molar-refractivity contribution in [3.05, 3.63) is 35.9 Å². The van der Waals surface area contributed by atoms with Crippen molar-refractivity contribution < 1.29 is 52.4 Å². The molecule has 17 heteroatoms. The maximum absolute atomic E-state index is 11.1. The van der Waals surface area contributed by atoms with E-state index in [9.17, 15) is 18.7 Å². The lowest BCUT2D eigenvalue weighted by Crippen LogP contribution is -2.44. The number of nitrogens with zero attached hydrogens (tertiary/aromatic N) is 2. The summed E-state index contributed by atoms with van der Waals surface area (Å²) in [5, 5.41) is 13.0. The Kier molecular flexibility index (Phi) is 17.1. The first-order valence-electron chi connectivity index (χ1n) is 11.6. The van der Waals surface area contributed by atoms with Crippen molar-refractivity contribution >= 4 is 56.4 Å². The lowest BCUT2D eigenvalue weighted by molar-refractivity contribution is -0.887. The number of hydrogen-bond donors (Lipinski definition) is 8. The quantitative estimate of drug-likeness (QED) is 0.0580. The van der Waals surface area contributed by atoms with Gasteiger partial charge in [-0.1, -0.05) is 42.5 Å². The second-order valence-corrected chi connectivity index (χ2v) is 15.2. The molecule has 0 aliphatic rings. The number of hydrogen-bond acceptors (Lipinski definition) is 6. The van der Waals surface area contributed by atoms with Crippen LogP contribution in [0.15, 0.2) is 30.3 Å². The summed E-state index contributed by atoms with van der Waals surface area (Å²) < 4.78 is 22.3. The lowest BCUT2D eigenvalue weighted by atomic mass is 10.1. The highest BCUT2D eigenvalue weighted by molar-refractivity contribution is 7.97. The zero-order valence-electron chi connectivity index (χ0n) is 23.4. The van der Waals surface area contributed by atoms with Crippen molar-refractivity contribution in [2.24, 2.45) is 0 Å². The Balaban J connectivity index is 0. The Labute approximate surface area is 241 Å². The summed E-state index contributed by atoms with van der Waals surface area (Å²) in [6.45, 7) is 6.03. The number of thiocarbonyl (C=S) groups is 1. The number of thiol groups is 1. The fraction of sp³-hybridized carbons (Fsp3) is 0.591. The van der Waals surface area contributed by atoms with Crippen molar-refractivity contribution in [1.82, 2.24) is 10.6 Å². The van der Waals surface area contributed by atoms with E-state index in [1.165, 1.54) is 0 Å². The van der Waals surface area contributed by atoms with Crippen LogP contribution in [0.2, 0.25) is 0 Å². The number of nitrogens with one attached hydrogen (secondary N) is 2. The molecule has 0 fully saturated rings. The van der Waals surface area contributed by atoms with Gasteiger partial charge in [-0.05, 0) is 19.4 Å². The summed E-state index contributed by atoms with van der Waals surface area (Å²) in [4.78, 5) is 54.8. The van der Waals surface area contributed by atoms with E-state index in [0.29, 0.717) is 17.4 Å². The third-order valence-electron chi connectivity index (χ3n) is 4.76. The van der Waals surface area contributed by atoms with Crippen LogP contribution in [0.1, 0.15) is 19.4 Å². The van der Waals surface area contributed by atoms with E-state index in [0.717, 1.165) is 23.1 Å². The molecule has 0 bridgehead atoms. The minimum atomic E-state index is -4.76. The Morgan fingerprint density at radius 2 is 1.49 bits per heavy atom. The van der Waals surface area contributed by atoms with Gasteiger partial charge in [0.05, 0.1) is 59.7 Å². The van der Waals surface area contributed by atoms with Crippen LogP contribution in [0.3, 0.4) is 0 Å². The van der Waals surface area contributed by atoms with Crippen LogP contribution < -0.4 is 10.6 Å². The summed E-state index contributed by atoms with van der Waals surface area (Å²) in [5.41, 5.74) is -0.401. The summed E-state index contributed by atoms with van der Waals surface area (Å²) in [6, 6.07) is 9.22. The number of carboxylic acids is 1. The predicted octanol–water partition coefficient (Wildman–Crippen LogP) is 1.67. The van der Waals surface area contributed by atoms with Gasteiger partial charge in [0, 0.05) is 6.42 Å². The van der Waals surface area contributed by atoms with Gasteiger partial charge in [-0.2, -0.15) is 12.6 Å². The minimum absolute atomic E-state index is 0.181. The molecule has 226 valence electrons. The molecule has 0 aliphatic heterocycles. The van der Waals surface area contributed by atoms with Crippen LogP contribution in [0, 0.1) is 0 Å². The standard InChI is InChI=1S/C10H14NO4PS.C7H17N2O3PS.C5H11NO2/c1-10(17,11-9(12)16(13,14)15)7-8-5-3-2-4-6-8;1-4-9(2,3)6-5-8-7(14)13(10,11)12;1-6(2,3)4-5(7)8/h2-6,17H,7H2,1H3,(H,11,12)(H2,13,14,15);4-6H2,1-3H3,(H2-,8,10,11,12,14);4H2,1-3H3/p+2/t10-;;/m0../s1. The van der Waals surface area contributed by atoms with Gasteiger partial charge >= 0.3 is 26.8 Å². The molecule has 1 aromatic carbocycles. The third-order valence-corrected chi connectivity index (χ3v) is 7.21. The molecule has 13 nitrogen and oxygen atoms in total. The molecule has 0 aliphatic carbocycles. The van der Waals surface area contributed by atoms with Gasteiger partial charge in [-0.3, -0.25) is 9.36 Å². The number of aliphatic carboxylic acids is 1. The molecule has 0 heterocycles. The van der Waals surface area contributed by atoms with E-state index in [4.69, 9.17) is 24.7 Å². The SMILES string of the molecule is CC[N+](C)(C)CCNC(=S)P(=O)(O)O.C[C@](S)(Cc1ccccc1)NC(=O)P(=O)(O)O.C[N+](C)(C)CC(=O)O. The first kappa shape index (κ1) is 39.8. The molecule has 0 radical (unpaired) electrons. The Hall–Kier alpha value is -1.38.